The number of rotatable bonds is 3. The number of alkyl halides is 3. The van der Waals surface area contributed by atoms with Crippen LogP contribution in [0.15, 0.2) is 32.9 Å². The third kappa shape index (κ3) is 3.72. The van der Waals surface area contributed by atoms with Gasteiger partial charge >= 0.3 is 6.18 Å². The summed E-state index contributed by atoms with van der Waals surface area (Å²) in [5, 5.41) is 9.07. The van der Waals surface area contributed by atoms with Crippen LogP contribution in [0.3, 0.4) is 0 Å². The number of nitriles is 1. The Labute approximate surface area is 121 Å². The first-order valence-corrected chi connectivity index (χ1v) is 6.41. The molecule has 2 atom stereocenters. The first-order chi connectivity index (χ1) is 9.76. The van der Waals surface area contributed by atoms with E-state index in [4.69, 9.17) is 11.0 Å². The highest BCUT2D eigenvalue weighted by Crippen LogP contribution is 2.29. The smallest absolute Gasteiger partial charge is 0.394 e. The van der Waals surface area contributed by atoms with Crippen molar-refractivity contribution < 1.29 is 13.2 Å². The molecule has 21 heavy (non-hydrogen) atoms. The molecule has 1 heterocycles. The van der Waals surface area contributed by atoms with Crippen LogP contribution in [-0.4, -0.2) is 31.2 Å². The van der Waals surface area contributed by atoms with Crippen molar-refractivity contribution in [3.63, 3.8) is 0 Å². The fourth-order valence-corrected chi connectivity index (χ4v) is 2.10. The van der Waals surface area contributed by atoms with Gasteiger partial charge in [0.25, 0.3) is 0 Å². The zero-order valence-electron chi connectivity index (χ0n) is 12.1. The summed E-state index contributed by atoms with van der Waals surface area (Å²) in [4.78, 5) is 7.92. The van der Waals surface area contributed by atoms with Gasteiger partial charge in [-0.15, -0.1) is 0 Å². The maximum absolute atomic E-state index is 12.9. The second-order valence-electron chi connectivity index (χ2n) is 4.67. The molecule has 0 aromatic carbocycles. The molecule has 114 valence electrons. The Morgan fingerprint density at radius 1 is 1.57 bits per heavy atom. The predicted octanol–water partition coefficient (Wildman–Crippen LogP) is 2.78. The number of hydrogen-bond donors (Lipinski definition) is 1. The van der Waals surface area contributed by atoms with Crippen LogP contribution in [-0.2, 0) is 0 Å². The van der Waals surface area contributed by atoms with E-state index in [0.717, 1.165) is 6.21 Å². The minimum Gasteiger partial charge on any atom is -0.394 e. The molecule has 0 saturated heterocycles. The molecule has 0 aromatic rings. The number of aliphatic imine (C=N–C) groups is 2. The SMILES string of the molecule is CCC1N=C(C(C=NC)=C(N)C(F)(F)F)C(C)=CC1C#N. The summed E-state index contributed by atoms with van der Waals surface area (Å²) in [6, 6.07) is 1.72. The number of dihydropyridines is 1. The Hall–Kier alpha value is -2.10. The van der Waals surface area contributed by atoms with E-state index < -0.39 is 17.8 Å². The molecule has 0 bridgehead atoms. The minimum atomic E-state index is -4.66. The van der Waals surface area contributed by atoms with Crippen LogP contribution < -0.4 is 5.73 Å². The first-order valence-electron chi connectivity index (χ1n) is 6.41. The van der Waals surface area contributed by atoms with Gasteiger partial charge in [-0.1, -0.05) is 13.0 Å². The molecule has 2 unspecified atom stereocenters. The van der Waals surface area contributed by atoms with Gasteiger partial charge in [0.2, 0.25) is 0 Å². The molecule has 7 heteroatoms. The van der Waals surface area contributed by atoms with E-state index in [1.54, 1.807) is 13.0 Å². The van der Waals surface area contributed by atoms with Crippen LogP contribution in [0.2, 0.25) is 0 Å². The molecule has 0 aromatic heterocycles. The zero-order valence-corrected chi connectivity index (χ0v) is 12.1. The Bertz CT molecular complexity index is 562. The number of hydrogen-bond acceptors (Lipinski definition) is 4. The topological polar surface area (TPSA) is 74.5 Å². The third-order valence-electron chi connectivity index (χ3n) is 3.19. The van der Waals surface area contributed by atoms with Gasteiger partial charge in [0.1, 0.15) is 5.70 Å². The molecule has 1 aliphatic rings. The second-order valence-corrected chi connectivity index (χ2v) is 4.67. The average Bonchev–Trinajstić information content (AvgIpc) is 2.43. The molecule has 1 aliphatic heterocycles. The molecule has 0 saturated carbocycles. The van der Waals surface area contributed by atoms with E-state index in [1.807, 2.05) is 6.92 Å². The maximum atomic E-state index is 12.9. The van der Waals surface area contributed by atoms with Gasteiger partial charge < -0.3 is 5.73 Å². The van der Waals surface area contributed by atoms with Crippen molar-refractivity contribution in [2.24, 2.45) is 21.6 Å². The Kier molecular flexibility index (Phi) is 5.30. The van der Waals surface area contributed by atoms with Crippen molar-refractivity contribution in [1.82, 2.24) is 0 Å². The molecule has 0 aliphatic carbocycles. The van der Waals surface area contributed by atoms with E-state index in [9.17, 15) is 13.2 Å². The lowest BCUT2D eigenvalue weighted by Crippen LogP contribution is -2.29. The number of nitrogens with two attached hydrogens (primary N) is 1. The van der Waals surface area contributed by atoms with Gasteiger partial charge in [-0.05, 0) is 18.9 Å². The lowest BCUT2D eigenvalue weighted by atomic mass is 9.89. The summed E-state index contributed by atoms with van der Waals surface area (Å²) in [6.07, 6.45) is -1.43. The Morgan fingerprint density at radius 2 is 2.19 bits per heavy atom. The fraction of sp³-hybridized carbons (Fsp3) is 0.500. The van der Waals surface area contributed by atoms with Gasteiger partial charge in [-0.2, -0.15) is 18.4 Å². The third-order valence-corrected chi connectivity index (χ3v) is 3.19. The second kappa shape index (κ2) is 6.57. The standard InChI is InChI=1S/C14H17F3N4/c1-4-11-9(6-18)5-8(2)12(21-11)10(7-20-3)13(19)14(15,16)17/h5,7,9,11H,4,19H2,1-3H3. The van der Waals surface area contributed by atoms with Crippen molar-refractivity contribution in [2.45, 2.75) is 32.5 Å². The first kappa shape index (κ1) is 17.0. The van der Waals surface area contributed by atoms with Gasteiger partial charge in [0, 0.05) is 18.8 Å². The fourth-order valence-electron chi connectivity index (χ4n) is 2.10. The molecule has 0 radical (unpaired) electrons. The summed E-state index contributed by atoms with van der Waals surface area (Å²) in [6.45, 7) is 3.44. The molecule has 0 spiro atoms. The average molecular weight is 298 g/mol. The molecule has 0 fully saturated rings. The molecular formula is C14H17F3N4. The van der Waals surface area contributed by atoms with Crippen LogP contribution >= 0.6 is 0 Å². The highest BCUT2D eigenvalue weighted by atomic mass is 19.4. The van der Waals surface area contributed by atoms with Gasteiger partial charge in [-0.3, -0.25) is 9.98 Å². The summed E-state index contributed by atoms with van der Waals surface area (Å²) in [5.41, 5.74) is 4.37. The monoisotopic (exact) mass is 298 g/mol. The highest BCUT2D eigenvalue weighted by Gasteiger charge is 2.36. The predicted molar refractivity (Wildman–Crippen MR) is 76.1 cm³/mol. The van der Waals surface area contributed by atoms with Gasteiger partial charge in [0.05, 0.1) is 23.7 Å². The Balaban J connectivity index is 3.44. The lowest BCUT2D eigenvalue weighted by Gasteiger charge is -2.24. The normalized spacial score (nSPS) is 24.2. The molecular weight excluding hydrogens is 281 g/mol. The summed E-state index contributed by atoms with van der Waals surface area (Å²) in [7, 11) is 1.36. The van der Waals surface area contributed by atoms with E-state index in [2.05, 4.69) is 16.1 Å². The van der Waals surface area contributed by atoms with E-state index in [1.165, 1.54) is 7.05 Å². The zero-order chi connectivity index (χ0) is 16.2. The molecule has 4 nitrogen and oxygen atoms in total. The van der Waals surface area contributed by atoms with E-state index in [-0.39, 0.29) is 17.3 Å². The van der Waals surface area contributed by atoms with Crippen LogP contribution in [0.1, 0.15) is 20.3 Å². The van der Waals surface area contributed by atoms with E-state index >= 15 is 0 Å². The van der Waals surface area contributed by atoms with Crippen molar-refractivity contribution >= 4 is 11.9 Å². The number of halogens is 3. The Morgan fingerprint density at radius 3 is 2.62 bits per heavy atom. The minimum absolute atomic E-state index is 0.147. The molecule has 1 rings (SSSR count). The van der Waals surface area contributed by atoms with Crippen molar-refractivity contribution in [3.8, 4) is 6.07 Å². The quantitative estimate of drug-likeness (QED) is 0.813. The summed E-state index contributed by atoms with van der Waals surface area (Å²) in [5.74, 6) is -0.439. The summed E-state index contributed by atoms with van der Waals surface area (Å²) >= 11 is 0. The van der Waals surface area contributed by atoms with Crippen molar-refractivity contribution in [3.05, 3.63) is 22.9 Å². The van der Waals surface area contributed by atoms with E-state index in [0.29, 0.717) is 12.0 Å². The summed E-state index contributed by atoms with van der Waals surface area (Å²) < 4.78 is 38.6. The van der Waals surface area contributed by atoms with Crippen LogP contribution in [0.25, 0.3) is 0 Å². The van der Waals surface area contributed by atoms with Crippen LogP contribution in [0, 0.1) is 17.2 Å². The highest BCUT2D eigenvalue weighted by molar-refractivity contribution is 6.24. The molecule has 2 N–H and O–H groups in total. The molecule has 0 amide bonds. The maximum Gasteiger partial charge on any atom is 0.431 e. The number of nitrogens with zero attached hydrogens (tertiary/aromatic N) is 3. The van der Waals surface area contributed by atoms with Crippen LogP contribution in [0.4, 0.5) is 13.2 Å². The van der Waals surface area contributed by atoms with Crippen molar-refractivity contribution in [1.29, 1.82) is 5.26 Å². The lowest BCUT2D eigenvalue weighted by molar-refractivity contribution is -0.0928. The number of allylic oxidation sites excluding steroid dienone is 3. The van der Waals surface area contributed by atoms with Gasteiger partial charge in [-0.25, -0.2) is 0 Å². The van der Waals surface area contributed by atoms with Crippen molar-refractivity contribution in [2.75, 3.05) is 7.05 Å². The van der Waals surface area contributed by atoms with Gasteiger partial charge in [0.15, 0.2) is 0 Å². The van der Waals surface area contributed by atoms with Crippen LogP contribution in [0.5, 0.6) is 0 Å². The largest absolute Gasteiger partial charge is 0.431 e.